The lowest BCUT2D eigenvalue weighted by Crippen LogP contribution is -2.37. The van der Waals surface area contributed by atoms with Crippen LogP contribution in [0.1, 0.15) is 31.9 Å². The van der Waals surface area contributed by atoms with Crippen molar-refractivity contribution < 1.29 is 9.47 Å². The molecule has 0 aliphatic carbocycles. The zero-order chi connectivity index (χ0) is 15.0. The van der Waals surface area contributed by atoms with Crippen LogP contribution in [0.25, 0.3) is 0 Å². The van der Waals surface area contributed by atoms with E-state index in [1.165, 1.54) is 0 Å². The van der Waals surface area contributed by atoms with Gasteiger partial charge in [-0.3, -0.25) is 0 Å². The maximum absolute atomic E-state index is 6.21. The predicted molar refractivity (Wildman–Crippen MR) is 84.2 cm³/mol. The number of hydrogen-bond donors (Lipinski definition) is 1. The molecule has 0 fully saturated rings. The molecule has 0 saturated carbocycles. The van der Waals surface area contributed by atoms with Crippen molar-refractivity contribution in [2.75, 3.05) is 0 Å². The summed E-state index contributed by atoms with van der Waals surface area (Å²) < 4.78 is 11.8. The summed E-state index contributed by atoms with van der Waals surface area (Å²) in [6.45, 7) is 4.09. The quantitative estimate of drug-likeness (QED) is 0.875. The average molecular weight is 304 g/mol. The van der Waals surface area contributed by atoms with Crippen LogP contribution in [-0.4, -0.2) is 5.60 Å². The molecule has 0 radical (unpaired) electrons. The lowest BCUT2D eigenvalue weighted by molar-refractivity contribution is 0.0726. The topological polar surface area (TPSA) is 44.5 Å². The van der Waals surface area contributed by atoms with E-state index >= 15 is 0 Å². The van der Waals surface area contributed by atoms with E-state index in [0.29, 0.717) is 5.02 Å². The molecule has 21 heavy (non-hydrogen) atoms. The molecular weight excluding hydrogens is 286 g/mol. The van der Waals surface area contributed by atoms with E-state index in [1.54, 1.807) is 12.1 Å². The molecule has 3 rings (SSSR count). The monoisotopic (exact) mass is 303 g/mol. The third-order valence-electron chi connectivity index (χ3n) is 3.53. The SMILES string of the molecule is CC1(C)CC(N)c2ccc(Oc3ccc(Cl)cc3)cc2O1. The van der Waals surface area contributed by atoms with Gasteiger partial charge in [0, 0.05) is 29.1 Å². The third kappa shape index (κ3) is 3.14. The molecule has 0 amide bonds. The first-order valence-corrected chi connectivity index (χ1v) is 7.33. The Hall–Kier alpha value is -1.71. The molecule has 1 heterocycles. The van der Waals surface area contributed by atoms with Gasteiger partial charge in [-0.15, -0.1) is 0 Å². The standard InChI is InChI=1S/C17H18ClNO2/c1-17(2)10-15(19)14-8-7-13(9-16(14)21-17)20-12-5-3-11(18)4-6-12/h3-9,15H,10,19H2,1-2H3. The smallest absolute Gasteiger partial charge is 0.131 e. The summed E-state index contributed by atoms with van der Waals surface area (Å²) in [6, 6.07) is 13.0. The van der Waals surface area contributed by atoms with Crippen LogP contribution in [-0.2, 0) is 0 Å². The maximum Gasteiger partial charge on any atom is 0.131 e. The van der Waals surface area contributed by atoms with E-state index < -0.39 is 0 Å². The Bertz CT molecular complexity index is 652. The average Bonchev–Trinajstić information content (AvgIpc) is 2.39. The van der Waals surface area contributed by atoms with E-state index in [-0.39, 0.29) is 11.6 Å². The summed E-state index contributed by atoms with van der Waals surface area (Å²) in [5.74, 6) is 2.25. The molecule has 4 heteroatoms. The van der Waals surface area contributed by atoms with Gasteiger partial charge in [0.05, 0.1) is 0 Å². The van der Waals surface area contributed by atoms with Crippen LogP contribution in [0.15, 0.2) is 42.5 Å². The summed E-state index contributed by atoms with van der Waals surface area (Å²) in [7, 11) is 0. The zero-order valence-electron chi connectivity index (χ0n) is 12.1. The van der Waals surface area contributed by atoms with E-state index in [4.69, 9.17) is 26.8 Å². The van der Waals surface area contributed by atoms with Gasteiger partial charge in [0.2, 0.25) is 0 Å². The first-order valence-electron chi connectivity index (χ1n) is 6.95. The highest BCUT2D eigenvalue weighted by atomic mass is 35.5. The number of nitrogens with two attached hydrogens (primary N) is 1. The number of benzene rings is 2. The second kappa shape index (κ2) is 5.24. The molecular formula is C17H18ClNO2. The van der Waals surface area contributed by atoms with E-state index in [1.807, 2.05) is 44.2 Å². The lowest BCUT2D eigenvalue weighted by atomic mass is 9.90. The number of hydrogen-bond acceptors (Lipinski definition) is 3. The van der Waals surface area contributed by atoms with Gasteiger partial charge in [0.1, 0.15) is 22.8 Å². The molecule has 0 saturated heterocycles. The van der Waals surface area contributed by atoms with Crippen LogP contribution in [0.3, 0.4) is 0 Å². The molecule has 2 aromatic rings. The minimum Gasteiger partial charge on any atom is -0.487 e. The first-order chi connectivity index (χ1) is 9.93. The van der Waals surface area contributed by atoms with Crippen LogP contribution in [0.2, 0.25) is 5.02 Å². The Balaban J connectivity index is 1.87. The largest absolute Gasteiger partial charge is 0.487 e. The van der Waals surface area contributed by atoms with Gasteiger partial charge in [0.25, 0.3) is 0 Å². The van der Waals surface area contributed by atoms with Gasteiger partial charge in [-0.25, -0.2) is 0 Å². The Morgan fingerprint density at radius 3 is 2.52 bits per heavy atom. The molecule has 2 N–H and O–H groups in total. The summed E-state index contributed by atoms with van der Waals surface area (Å²) in [5.41, 5.74) is 6.97. The van der Waals surface area contributed by atoms with Crippen LogP contribution in [0, 0.1) is 0 Å². The highest BCUT2D eigenvalue weighted by Gasteiger charge is 2.31. The summed E-state index contributed by atoms with van der Waals surface area (Å²) in [5, 5.41) is 0.684. The van der Waals surface area contributed by atoms with Gasteiger partial charge in [-0.2, -0.15) is 0 Å². The fourth-order valence-corrected chi connectivity index (χ4v) is 2.72. The van der Waals surface area contributed by atoms with Gasteiger partial charge >= 0.3 is 0 Å². The fourth-order valence-electron chi connectivity index (χ4n) is 2.59. The summed E-state index contributed by atoms with van der Waals surface area (Å²) in [4.78, 5) is 0. The Kier molecular flexibility index (Phi) is 3.56. The molecule has 1 atom stereocenters. The molecule has 2 aromatic carbocycles. The van der Waals surface area contributed by atoms with Crippen LogP contribution >= 0.6 is 11.6 Å². The molecule has 0 spiro atoms. The third-order valence-corrected chi connectivity index (χ3v) is 3.78. The minimum absolute atomic E-state index is 0.00617. The lowest BCUT2D eigenvalue weighted by Gasteiger charge is -2.36. The van der Waals surface area contributed by atoms with Crippen LogP contribution < -0.4 is 15.2 Å². The number of ether oxygens (including phenoxy) is 2. The summed E-state index contributed by atoms with van der Waals surface area (Å²) >= 11 is 5.87. The highest BCUT2D eigenvalue weighted by molar-refractivity contribution is 6.30. The molecule has 0 bridgehead atoms. The molecule has 1 unspecified atom stereocenters. The zero-order valence-corrected chi connectivity index (χ0v) is 12.9. The maximum atomic E-state index is 6.21. The number of halogens is 1. The van der Waals surface area contributed by atoms with Gasteiger partial charge in [-0.05, 0) is 44.2 Å². The Morgan fingerprint density at radius 1 is 1.14 bits per heavy atom. The van der Waals surface area contributed by atoms with Crippen molar-refractivity contribution in [1.29, 1.82) is 0 Å². The van der Waals surface area contributed by atoms with Gasteiger partial charge < -0.3 is 15.2 Å². The van der Waals surface area contributed by atoms with Crippen molar-refractivity contribution in [3.8, 4) is 17.2 Å². The van der Waals surface area contributed by atoms with Crippen LogP contribution in [0.4, 0.5) is 0 Å². The fraction of sp³-hybridized carbons (Fsp3) is 0.294. The molecule has 1 aliphatic heterocycles. The van der Waals surface area contributed by atoms with Gasteiger partial charge in [0.15, 0.2) is 0 Å². The Labute approximate surface area is 129 Å². The van der Waals surface area contributed by atoms with E-state index in [2.05, 4.69) is 0 Å². The van der Waals surface area contributed by atoms with E-state index in [9.17, 15) is 0 Å². The van der Waals surface area contributed by atoms with Crippen LogP contribution in [0.5, 0.6) is 17.2 Å². The Morgan fingerprint density at radius 2 is 1.81 bits per heavy atom. The van der Waals surface area contributed by atoms with Crippen molar-refractivity contribution in [3.05, 3.63) is 53.1 Å². The van der Waals surface area contributed by atoms with Crippen molar-refractivity contribution in [2.45, 2.75) is 31.9 Å². The highest BCUT2D eigenvalue weighted by Crippen LogP contribution is 2.40. The normalized spacial score (nSPS) is 19.5. The summed E-state index contributed by atoms with van der Waals surface area (Å²) in [6.07, 6.45) is 0.803. The number of rotatable bonds is 2. The molecule has 110 valence electrons. The van der Waals surface area contributed by atoms with Gasteiger partial charge in [-0.1, -0.05) is 17.7 Å². The first kappa shape index (κ1) is 14.2. The van der Waals surface area contributed by atoms with Crippen molar-refractivity contribution >= 4 is 11.6 Å². The number of fused-ring (bicyclic) bond motifs is 1. The van der Waals surface area contributed by atoms with Crippen molar-refractivity contribution in [1.82, 2.24) is 0 Å². The second-order valence-corrected chi connectivity index (χ2v) is 6.36. The molecule has 3 nitrogen and oxygen atoms in total. The second-order valence-electron chi connectivity index (χ2n) is 5.93. The van der Waals surface area contributed by atoms with E-state index in [0.717, 1.165) is 29.2 Å². The minimum atomic E-state index is -0.259. The molecule has 1 aliphatic rings. The van der Waals surface area contributed by atoms with Crippen molar-refractivity contribution in [3.63, 3.8) is 0 Å². The van der Waals surface area contributed by atoms with Crippen molar-refractivity contribution in [2.24, 2.45) is 5.73 Å². The molecule has 0 aromatic heterocycles. The predicted octanol–water partition coefficient (Wildman–Crippen LogP) is 4.69.